The molecule has 0 radical (unpaired) electrons. The average molecular weight is 516 g/mol. The third-order valence-corrected chi connectivity index (χ3v) is 7.11. The summed E-state index contributed by atoms with van der Waals surface area (Å²) < 4.78 is 27.5. The van der Waals surface area contributed by atoms with Gasteiger partial charge in [0, 0.05) is 30.9 Å². The molecule has 0 saturated heterocycles. The zero-order valence-electron chi connectivity index (χ0n) is 22.3. The van der Waals surface area contributed by atoms with Gasteiger partial charge in [-0.2, -0.15) is 0 Å². The molecule has 3 atom stereocenters. The molecular formula is C29H39F2N3O3. The van der Waals surface area contributed by atoms with E-state index in [1.165, 1.54) is 24.7 Å². The van der Waals surface area contributed by atoms with Crippen molar-refractivity contribution in [2.45, 2.75) is 63.5 Å². The van der Waals surface area contributed by atoms with Gasteiger partial charge in [-0.15, -0.1) is 0 Å². The molecule has 1 amide bonds. The predicted octanol–water partition coefficient (Wildman–Crippen LogP) is 4.23. The van der Waals surface area contributed by atoms with Crippen LogP contribution in [0.15, 0.2) is 54.2 Å². The van der Waals surface area contributed by atoms with E-state index in [0.717, 1.165) is 30.2 Å². The first-order chi connectivity index (χ1) is 17.5. The van der Waals surface area contributed by atoms with E-state index in [0.29, 0.717) is 12.0 Å². The minimum atomic E-state index is -1.09. The lowest BCUT2D eigenvalue weighted by molar-refractivity contribution is -0.128. The van der Waals surface area contributed by atoms with E-state index in [1.807, 2.05) is 6.07 Å². The van der Waals surface area contributed by atoms with Crippen molar-refractivity contribution in [1.29, 1.82) is 0 Å². The number of carbonyl (C=O) groups excluding carboxylic acids is 1. The molecule has 0 aliphatic heterocycles. The van der Waals surface area contributed by atoms with Crippen LogP contribution in [-0.2, 0) is 27.0 Å². The summed E-state index contributed by atoms with van der Waals surface area (Å²) in [6.07, 6.45) is 3.14. The molecule has 3 unspecified atom stereocenters. The zero-order chi connectivity index (χ0) is 27.2. The van der Waals surface area contributed by atoms with Crippen molar-refractivity contribution >= 4 is 5.91 Å². The molecule has 37 heavy (non-hydrogen) atoms. The fourth-order valence-corrected chi connectivity index (χ4v) is 4.90. The molecule has 2 aromatic carbocycles. The topological polar surface area (TPSA) is 82.6 Å². The highest BCUT2D eigenvalue weighted by Crippen LogP contribution is 2.38. The molecule has 3 rings (SSSR count). The number of hydroxylamine groups is 1. The summed E-state index contributed by atoms with van der Waals surface area (Å²) in [6.45, 7) is 6.62. The van der Waals surface area contributed by atoms with E-state index in [4.69, 9.17) is 4.84 Å². The second-order valence-corrected chi connectivity index (χ2v) is 10.8. The Balaban J connectivity index is 1.87. The van der Waals surface area contributed by atoms with E-state index in [-0.39, 0.29) is 18.4 Å². The van der Waals surface area contributed by atoms with Gasteiger partial charge in [-0.05, 0) is 59.9 Å². The average Bonchev–Trinajstić information content (AvgIpc) is 2.85. The Morgan fingerprint density at radius 2 is 1.86 bits per heavy atom. The summed E-state index contributed by atoms with van der Waals surface area (Å²) in [5, 5.41) is 17.3. The van der Waals surface area contributed by atoms with Gasteiger partial charge in [-0.3, -0.25) is 15.1 Å². The van der Waals surface area contributed by atoms with Crippen LogP contribution < -0.4 is 16.1 Å². The Morgan fingerprint density at radius 1 is 1.16 bits per heavy atom. The third kappa shape index (κ3) is 7.37. The standard InChI is InChI=1S/C29H39F2N3O3/c1-28(2,3)20-7-6-8-21(16-20)29(11-9-24(10-12-29)34-37-5)33-18-26(35)25(27(36)32-4)15-19-13-22(30)17-23(31)14-19/h6-9,13-14,16-17,25-26,33-35H,10-12,15,18H2,1-5H3,(H,32,36). The number of rotatable bonds is 10. The van der Waals surface area contributed by atoms with E-state index in [9.17, 15) is 18.7 Å². The Labute approximate surface area is 218 Å². The van der Waals surface area contributed by atoms with Crippen LogP contribution in [0.3, 0.4) is 0 Å². The van der Waals surface area contributed by atoms with Gasteiger partial charge < -0.3 is 15.7 Å². The second kappa shape index (κ2) is 12.2. The summed E-state index contributed by atoms with van der Waals surface area (Å²) in [7, 11) is 3.06. The highest BCUT2D eigenvalue weighted by atomic mass is 19.1. The van der Waals surface area contributed by atoms with Crippen LogP contribution in [0.25, 0.3) is 0 Å². The van der Waals surface area contributed by atoms with Crippen molar-refractivity contribution in [3.05, 3.63) is 82.6 Å². The number of hydrogen-bond donors (Lipinski definition) is 4. The lowest BCUT2D eigenvalue weighted by Gasteiger charge is -2.40. The number of carbonyl (C=O) groups is 1. The Kier molecular flexibility index (Phi) is 9.45. The maximum absolute atomic E-state index is 13.8. The second-order valence-electron chi connectivity index (χ2n) is 10.8. The van der Waals surface area contributed by atoms with Gasteiger partial charge in [0.25, 0.3) is 0 Å². The fourth-order valence-electron chi connectivity index (χ4n) is 4.90. The minimum Gasteiger partial charge on any atom is -0.391 e. The first kappa shape index (κ1) is 28.8. The molecule has 0 spiro atoms. The van der Waals surface area contributed by atoms with Crippen molar-refractivity contribution in [2.24, 2.45) is 5.92 Å². The van der Waals surface area contributed by atoms with Gasteiger partial charge in [-0.1, -0.05) is 51.1 Å². The van der Waals surface area contributed by atoms with E-state index < -0.39 is 35.1 Å². The van der Waals surface area contributed by atoms with E-state index in [2.05, 4.69) is 61.2 Å². The lowest BCUT2D eigenvalue weighted by Crippen LogP contribution is -2.50. The molecule has 0 saturated carbocycles. The van der Waals surface area contributed by atoms with Crippen molar-refractivity contribution in [2.75, 3.05) is 20.7 Å². The number of aliphatic hydroxyl groups is 1. The maximum atomic E-state index is 13.8. The Morgan fingerprint density at radius 3 is 2.43 bits per heavy atom. The van der Waals surface area contributed by atoms with Crippen LogP contribution in [0.1, 0.15) is 56.7 Å². The zero-order valence-corrected chi connectivity index (χ0v) is 22.3. The number of hydrogen-bond acceptors (Lipinski definition) is 5. The monoisotopic (exact) mass is 515 g/mol. The van der Waals surface area contributed by atoms with Crippen LogP contribution in [0.5, 0.6) is 0 Å². The summed E-state index contributed by atoms with van der Waals surface area (Å²) >= 11 is 0. The Hall–Kier alpha value is -2.81. The van der Waals surface area contributed by atoms with Crippen LogP contribution in [0, 0.1) is 17.6 Å². The molecule has 8 heteroatoms. The number of allylic oxidation sites excluding steroid dienone is 1. The number of amides is 1. The molecular weight excluding hydrogens is 476 g/mol. The maximum Gasteiger partial charge on any atom is 0.225 e. The molecule has 1 aliphatic rings. The van der Waals surface area contributed by atoms with Gasteiger partial charge in [0.2, 0.25) is 5.91 Å². The van der Waals surface area contributed by atoms with E-state index in [1.54, 1.807) is 7.11 Å². The minimum absolute atomic E-state index is 0.00548. The summed E-state index contributed by atoms with van der Waals surface area (Å²) in [4.78, 5) is 17.8. The normalized spacial score (nSPS) is 19.6. The van der Waals surface area contributed by atoms with E-state index >= 15 is 0 Å². The first-order valence-corrected chi connectivity index (χ1v) is 12.7. The van der Waals surface area contributed by atoms with Crippen LogP contribution >= 0.6 is 0 Å². The lowest BCUT2D eigenvalue weighted by atomic mass is 9.76. The van der Waals surface area contributed by atoms with Gasteiger partial charge in [0.1, 0.15) is 11.6 Å². The van der Waals surface area contributed by atoms with Crippen LogP contribution in [0.2, 0.25) is 0 Å². The molecule has 0 fully saturated rings. The van der Waals surface area contributed by atoms with Crippen LogP contribution in [0.4, 0.5) is 8.78 Å². The SMILES string of the molecule is CNC(=O)C(Cc1cc(F)cc(F)c1)C(O)CNC1(c2cccc(C(C)(C)C)c2)CC=C(NOC)CC1. The molecule has 0 heterocycles. The number of aliphatic hydroxyl groups excluding tert-OH is 1. The van der Waals surface area contributed by atoms with Gasteiger partial charge >= 0.3 is 0 Å². The highest BCUT2D eigenvalue weighted by Gasteiger charge is 2.36. The summed E-state index contributed by atoms with van der Waals surface area (Å²) in [5.41, 5.74) is 6.02. The first-order valence-electron chi connectivity index (χ1n) is 12.7. The smallest absolute Gasteiger partial charge is 0.225 e. The van der Waals surface area contributed by atoms with Crippen LogP contribution in [-0.4, -0.2) is 37.8 Å². The molecule has 1 aliphatic carbocycles. The number of halogens is 2. The van der Waals surface area contributed by atoms with Gasteiger partial charge in [-0.25, -0.2) is 8.78 Å². The molecule has 2 aromatic rings. The van der Waals surface area contributed by atoms with Crippen molar-refractivity contribution < 1.29 is 23.5 Å². The molecule has 4 N–H and O–H groups in total. The molecule has 6 nitrogen and oxygen atoms in total. The fraction of sp³-hybridized carbons (Fsp3) is 0.483. The summed E-state index contributed by atoms with van der Waals surface area (Å²) in [5.74, 6) is -2.71. The molecule has 0 bridgehead atoms. The van der Waals surface area contributed by atoms with Crippen molar-refractivity contribution in [1.82, 2.24) is 16.1 Å². The highest BCUT2D eigenvalue weighted by molar-refractivity contribution is 5.79. The Bertz CT molecular complexity index is 1100. The van der Waals surface area contributed by atoms with Crippen molar-refractivity contribution in [3.8, 4) is 0 Å². The predicted molar refractivity (Wildman–Crippen MR) is 141 cm³/mol. The number of nitrogens with one attached hydrogen (secondary N) is 3. The molecule has 0 aromatic heterocycles. The largest absolute Gasteiger partial charge is 0.391 e. The number of benzene rings is 2. The third-order valence-electron chi connectivity index (χ3n) is 7.11. The summed E-state index contributed by atoms with van der Waals surface area (Å²) in [6, 6.07) is 11.6. The van der Waals surface area contributed by atoms with Crippen molar-refractivity contribution in [3.63, 3.8) is 0 Å². The van der Waals surface area contributed by atoms with Gasteiger partial charge in [0.05, 0.1) is 19.1 Å². The van der Waals surface area contributed by atoms with Gasteiger partial charge in [0.15, 0.2) is 0 Å². The quantitative estimate of drug-likeness (QED) is 0.356. The molecule has 202 valence electrons.